The van der Waals surface area contributed by atoms with E-state index in [2.05, 4.69) is 4.90 Å². The third kappa shape index (κ3) is 3.48. The third-order valence-corrected chi connectivity index (χ3v) is 6.13. The number of aliphatic carboxylic acids is 1. The molecule has 2 aliphatic rings. The van der Waals surface area contributed by atoms with Crippen LogP contribution in [0.4, 0.5) is 0 Å². The van der Waals surface area contributed by atoms with Crippen LogP contribution in [0.2, 0.25) is 0 Å². The predicted octanol–water partition coefficient (Wildman–Crippen LogP) is 1.28. The molecule has 1 aliphatic carbocycles. The van der Waals surface area contributed by atoms with Gasteiger partial charge in [-0.05, 0) is 32.2 Å². The van der Waals surface area contributed by atoms with Gasteiger partial charge in [-0.2, -0.15) is 0 Å². The van der Waals surface area contributed by atoms with Gasteiger partial charge in [0.05, 0.1) is 11.7 Å². The third-order valence-electron chi connectivity index (χ3n) is 4.48. The lowest BCUT2D eigenvalue weighted by atomic mass is 9.96. The van der Waals surface area contributed by atoms with Crippen LogP contribution in [0.15, 0.2) is 0 Å². The predicted molar refractivity (Wildman–Crippen MR) is 72.9 cm³/mol. The van der Waals surface area contributed by atoms with Gasteiger partial charge in [0, 0.05) is 18.3 Å². The first-order valence-electron chi connectivity index (χ1n) is 7.06. The molecule has 3 unspecified atom stereocenters. The number of rotatable bonds is 4. The van der Waals surface area contributed by atoms with Gasteiger partial charge in [-0.15, -0.1) is 0 Å². The van der Waals surface area contributed by atoms with Crippen molar-refractivity contribution in [1.82, 2.24) is 4.90 Å². The summed E-state index contributed by atoms with van der Waals surface area (Å²) >= 11 is 0. The van der Waals surface area contributed by atoms with E-state index in [9.17, 15) is 13.2 Å². The molecule has 0 spiro atoms. The van der Waals surface area contributed by atoms with Gasteiger partial charge in [-0.1, -0.05) is 12.8 Å². The van der Waals surface area contributed by atoms with Gasteiger partial charge in [0.1, 0.15) is 0 Å². The highest BCUT2D eigenvalue weighted by Crippen LogP contribution is 2.34. The maximum absolute atomic E-state index is 11.9. The highest BCUT2D eigenvalue weighted by Gasteiger charge is 2.41. The zero-order valence-electron chi connectivity index (χ0n) is 11.4. The maximum atomic E-state index is 11.9. The molecule has 1 saturated carbocycles. The molecule has 2 fully saturated rings. The van der Waals surface area contributed by atoms with E-state index < -0.39 is 15.8 Å². The average Bonchev–Trinajstić information content (AvgIpc) is 2.77. The molecular weight excluding hydrogens is 266 g/mol. The second-order valence-corrected chi connectivity index (χ2v) is 8.12. The van der Waals surface area contributed by atoms with E-state index >= 15 is 0 Å². The first-order chi connectivity index (χ1) is 8.89. The Morgan fingerprint density at radius 3 is 2.58 bits per heavy atom. The Hall–Kier alpha value is -0.620. The number of sulfone groups is 1. The second-order valence-electron chi connectivity index (χ2n) is 5.85. The van der Waals surface area contributed by atoms with E-state index in [1.165, 1.54) is 6.26 Å². The van der Waals surface area contributed by atoms with Crippen molar-refractivity contribution in [3.63, 3.8) is 0 Å². The Kier molecular flexibility index (Phi) is 4.50. The minimum atomic E-state index is -3.04. The average molecular weight is 289 g/mol. The van der Waals surface area contributed by atoms with Gasteiger partial charge < -0.3 is 5.11 Å². The molecule has 1 aliphatic heterocycles. The fourth-order valence-corrected chi connectivity index (χ4v) is 5.12. The Morgan fingerprint density at radius 1 is 1.21 bits per heavy atom. The molecule has 6 heteroatoms. The minimum absolute atomic E-state index is 0.0126. The minimum Gasteiger partial charge on any atom is -0.481 e. The molecule has 0 amide bonds. The molecule has 3 atom stereocenters. The van der Waals surface area contributed by atoms with Crippen LogP contribution in [0.25, 0.3) is 0 Å². The summed E-state index contributed by atoms with van der Waals surface area (Å²) in [4.78, 5) is 13.1. The van der Waals surface area contributed by atoms with Crippen LogP contribution >= 0.6 is 0 Å². The summed E-state index contributed by atoms with van der Waals surface area (Å²) in [7, 11) is -3.04. The number of carboxylic acids is 1. The fraction of sp³-hybridized carbons (Fsp3) is 0.923. The van der Waals surface area contributed by atoms with E-state index in [-0.39, 0.29) is 23.8 Å². The standard InChI is InChI=1S/C13H23NO4S/c1-19(17,18)12-7-4-6-11(12)14-8-3-2-5-10(14)9-13(15)16/h10-12H,2-9H2,1H3,(H,15,16). The Labute approximate surface area is 114 Å². The van der Waals surface area contributed by atoms with Crippen LogP contribution in [0.5, 0.6) is 0 Å². The zero-order valence-corrected chi connectivity index (χ0v) is 12.2. The number of nitrogens with zero attached hydrogens (tertiary/aromatic N) is 1. The molecule has 5 nitrogen and oxygen atoms in total. The van der Waals surface area contributed by atoms with E-state index in [1.807, 2.05) is 0 Å². The topological polar surface area (TPSA) is 74.7 Å². The summed E-state index contributed by atoms with van der Waals surface area (Å²) in [5, 5.41) is 8.70. The number of piperidine rings is 1. The molecule has 0 radical (unpaired) electrons. The monoisotopic (exact) mass is 289 g/mol. The summed E-state index contributed by atoms with van der Waals surface area (Å²) in [6.07, 6.45) is 6.94. The molecule has 19 heavy (non-hydrogen) atoms. The molecule has 0 aromatic rings. The Morgan fingerprint density at radius 2 is 1.95 bits per heavy atom. The normalized spacial score (nSPS) is 33.4. The summed E-state index contributed by atoms with van der Waals surface area (Å²) in [5.74, 6) is -0.786. The first-order valence-corrected chi connectivity index (χ1v) is 9.01. The molecular formula is C13H23NO4S. The van der Waals surface area contributed by atoms with Gasteiger partial charge in [-0.25, -0.2) is 8.42 Å². The summed E-state index contributed by atoms with van der Waals surface area (Å²) in [5.41, 5.74) is 0. The number of hydrogen-bond acceptors (Lipinski definition) is 4. The lowest BCUT2D eigenvalue weighted by Crippen LogP contribution is -2.51. The van der Waals surface area contributed by atoms with Crippen LogP contribution in [0.1, 0.15) is 44.9 Å². The Bertz CT molecular complexity index is 434. The first kappa shape index (κ1) is 14.8. The smallest absolute Gasteiger partial charge is 0.304 e. The highest BCUT2D eigenvalue weighted by atomic mass is 32.2. The van der Waals surface area contributed by atoms with Crippen LogP contribution in [0.3, 0.4) is 0 Å². The SMILES string of the molecule is CS(=O)(=O)C1CCCC1N1CCCCC1CC(=O)O. The van der Waals surface area contributed by atoms with E-state index in [0.29, 0.717) is 0 Å². The summed E-state index contributed by atoms with van der Waals surface area (Å²) in [6.45, 7) is 0.842. The van der Waals surface area contributed by atoms with Crippen molar-refractivity contribution in [2.75, 3.05) is 12.8 Å². The van der Waals surface area contributed by atoms with Gasteiger partial charge >= 0.3 is 5.97 Å². The van der Waals surface area contributed by atoms with Crippen molar-refractivity contribution in [2.24, 2.45) is 0 Å². The molecule has 0 aromatic carbocycles. The van der Waals surface area contributed by atoms with Crippen LogP contribution < -0.4 is 0 Å². The number of carbonyl (C=O) groups is 1. The second kappa shape index (κ2) is 5.79. The van der Waals surface area contributed by atoms with Crippen molar-refractivity contribution in [1.29, 1.82) is 0 Å². The lowest BCUT2D eigenvalue weighted by Gasteiger charge is -2.41. The van der Waals surface area contributed by atoms with Crippen molar-refractivity contribution in [3.8, 4) is 0 Å². The molecule has 2 rings (SSSR count). The maximum Gasteiger partial charge on any atom is 0.304 e. The quantitative estimate of drug-likeness (QED) is 0.844. The van der Waals surface area contributed by atoms with Crippen LogP contribution in [-0.4, -0.2) is 54.5 Å². The van der Waals surface area contributed by atoms with Crippen molar-refractivity contribution in [3.05, 3.63) is 0 Å². The zero-order chi connectivity index (χ0) is 14.0. The summed E-state index contributed by atoms with van der Waals surface area (Å²) < 4.78 is 23.7. The van der Waals surface area contributed by atoms with E-state index in [1.54, 1.807) is 0 Å². The van der Waals surface area contributed by atoms with Crippen molar-refractivity contribution in [2.45, 2.75) is 62.3 Å². The van der Waals surface area contributed by atoms with Gasteiger partial charge in [0.2, 0.25) is 0 Å². The van der Waals surface area contributed by atoms with Crippen LogP contribution in [-0.2, 0) is 14.6 Å². The van der Waals surface area contributed by atoms with Gasteiger partial charge in [0.15, 0.2) is 9.84 Å². The van der Waals surface area contributed by atoms with Gasteiger partial charge in [-0.3, -0.25) is 9.69 Å². The van der Waals surface area contributed by atoms with Crippen LogP contribution in [0, 0.1) is 0 Å². The molecule has 1 N–H and O–H groups in total. The number of hydrogen-bond donors (Lipinski definition) is 1. The summed E-state index contributed by atoms with van der Waals surface area (Å²) in [6, 6.07) is 0.0400. The molecule has 0 bridgehead atoms. The van der Waals surface area contributed by atoms with Crippen molar-refractivity contribution >= 4 is 15.8 Å². The largest absolute Gasteiger partial charge is 0.481 e. The number of likely N-dealkylation sites (tertiary alicyclic amines) is 1. The number of carboxylic acid groups (broad SMARTS) is 1. The fourth-order valence-electron chi connectivity index (χ4n) is 3.67. The van der Waals surface area contributed by atoms with E-state index in [4.69, 9.17) is 5.11 Å². The molecule has 0 aromatic heterocycles. The van der Waals surface area contributed by atoms with Crippen molar-refractivity contribution < 1.29 is 18.3 Å². The van der Waals surface area contributed by atoms with E-state index in [0.717, 1.165) is 45.1 Å². The highest BCUT2D eigenvalue weighted by molar-refractivity contribution is 7.91. The van der Waals surface area contributed by atoms with Gasteiger partial charge in [0.25, 0.3) is 0 Å². The molecule has 110 valence electrons. The molecule has 1 heterocycles. The lowest BCUT2D eigenvalue weighted by molar-refractivity contribution is -0.139. The Balaban J connectivity index is 2.15. The molecule has 1 saturated heterocycles.